The van der Waals surface area contributed by atoms with Crippen molar-refractivity contribution in [3.05, 3.63) is 66.8 Å². The molecule has 0 bridgehead atoms. The van der Waals surface area contributed by atoms with Gasteiger partial charge in [-0.05, 0) is 89.6 Å². The molecule has 0 saturated carbocycles. The third-order valence-corrected chi connectivity index (χ3v) is 5.94. The number of carbonyl (C=O) groups excluding carboxylic acids is 1. The van der Waals surface area contributed by atoms with Crippen LogP contribution in [0.1, 0.15) is 21.6 Å². The minimum Gasteiger partial charge on any atom is -0.506 e. The Morgan fingerprint density at radius 1 is 1.14 bits per heavy atom. The maximum atomic E-state index is 12.3. The molecule has 0 radical (unpaired) electrons. The number of methoxy groups -OCH3 is 1. The lowest BCUT2D eigenvalue weighted by Gasteiger charge is -2.07. The van der Waals surface area contributed by atoms with Crippen molar-refractivity contribution >= 4 is 53.7 Å². The summed E-state index contributed by atoms with van der Waals surface area (Å²) in [7, 11) is 1.61. The number of phenols is 1. The van der Waals surface area contributed by atoms with E-state index in [9.17, 15) is 9.90 Å². The Hall–Kier alpha value is -1.91. The monoisotopic (exact) mass is 586 g/mol. The molecule has 10 heteroatoms. The molecule has 2 aromatic carbocycles. The quantitative estimate of drug-likeness (QED) is 0.430. The lowest BCUT2D eigenvalue weighted by atomic mass is 10.1. The molecule has 7 nitrogen and oxygen atoms in total. The zero-order chi connectivity index (χ0) is 21.0. The third kappa shape index (κ3) is 5.58. The highest BCUT2D eigenvalue weighted by Gasteiger charge is 2.12. The van der Waals surface area contributed by atoms with E-state index in [-0.39, 0.29) is 17.4 Å². The van der Waals surface area contributed by atoms with E-state index in [4.69, 9.17) is 4.74 Å². The van der Waals surface area contributed by atoms with E-state index in [0.717, 1.165) is 21.3 Å². The first kappa shape index (κ1) is 21.8. The number of ether oxygens (including phenoxy) is 1. The van der Waals surface area contributed by atoms with Gasteiger partial charge in [-0.15, -0.1) is 5.10 Å². The Labute approximate surface area is 192 Å². The van der Waals surface area contributed by atoms with Gasteiger partial charge < -0.3 is 15.2 Å². The van der Waals surface area contributed by atoms with Gasteiger partial charge in [-0.3, -0.25) is 4.79 Å². The van der Waals surface area contributed by atoms with Gasteiger partial charge in [0, 0.05) is 6.54 Å². The second-order valence-electron chi connectivity index (χ2n) is 6.18. The molecular weight excluding hydrogens is 572 g/mol. The van der Waals surface area contributed by atoms with Gasteiger partial charge in [0.25, 0.3) is 5.91 Å². The standard InChI is InChI=1S/C19H17Br3N4O3/c1-29-17-3-2-12(8-13(17)20)9-26-10-16(24-25-26)19(28)23-5-4-11-6-14(21)18(27)15(22)7-11/h2-3,6-8,10,27H,4-5,9H2,1H3,(H,23,28). The zero-order valence-electron chi connectivity index (χ0n) is 15.3. The molecule has 1 amide bonds. The van der Waals surface area contributed by atoms with E-state index in [0.29, 0.717) is 28.5 Å². The maximum Gasteiger partial charge on any atom is 0.273 e. The van der Waals surface area contributed by atoms with Crippen LogP contribution in [0.3, 0.4) is 0 Å². The number of aromatic hydroxyl groups is 1. The molecule has 1 heterocycles. The molecule has 0 aliphatic heterocycles. The summed E-state index contributed by atoms with van der Waals surface area (Å²) in [5.74, 6) is 0.613. The maximum absolute atomic E-state index is 12.3. The Morgan fingerprint density at radius 3 is 2.48 bits per heavy atom. The second-order valence-corrected chi connectivity index (χ2v) is 8.75. The van der Waals surface area contributed by atoms with Gasteiger partial charge in [-0.25, -0.2) is 4.68 Å². The van der Waals surface area contributed by atoms with E-state index >= 15 is 0 Å². The fourth-order valence-corrected chi connectivity index (χ4v) is 4.52. The lowest BCUT2D eigenvalue weighted by molar-refractivity contribution is 0.0949. The minimum absolute atomic E-state index is 0.151. The molecular formula is C19H17Br3N4O3. The first-order chi connectivity index (χ1) is 13.9. The summed E-state index contributed by atoms with van der Waals surface area (Å²) in [5.41, 5.74) is 2.22. The van der Waals surface area contributed by atoms with Crippen molar-refractivity contribution in [2.24, 2.45) is 0 Å². The van der Waals surface area contributed by atoms with Gasteiger partial charge >= 0.3 is 0 Å². The molecule has 29 heavy (non-hydrogen) atoms. The predicted octanol–water partition coefficient (Wildman–Crippen LogP) is 4.30. The predicted molar refractivity (Wildman–Crippen MR) is 119 cm³/mol. The van der Waals surface area contributed by atoms with Crippen LogP contribution in [0.4, 0.5) is 0 Å². The molecule has 3 aromatic rings. The van der Waals surface area contributed by atoms with E-state index in [2.05, 4.69) is 63.4 Å². The molecule has 1 aromatic heterocycles. The Bertz CT molecular complexity index is 1020. The van der Waals surface area contributed by atoms with Crippen molar-refractivity contribution < 1.29 is 14.6 Å². The molecule has 2 N–H and O–H groups in total. The number of rotatable bonds is 7. The van der Waals surface area contributed by atoms with Gasteiger partial charge in [0.05, 0.1) is 33.3 Å². The Balaban J connectivity index is 1.56. The Morgan fingerprint density at radius 2 is 1.83 bits per heavy atom. The molecule has 3 rings (SSSR count). The smallest absolute Gasteiger partial charge is 0.273 e. The first-order valence-electron chi connectivity index (χ1n) is 8.55. The van der Waals surface area contributed by atoms with Crippen LogP contribution in [0.5, 0.6) is 11.5 Å². The highest BCUT2D eigenvalue weighted by molar-refractivity contribution is 9.11. The van der Waals surface area contributed by atoms with Crippen molar-refractivity contribution in [1.29, 1.82) is 0 Å². The van der Waals surface area contributed by atoms with Crippen LogP contribution in [0, 0.1) is 0 Å². The number of aromatic nitrogens is 3. The Kier molecular flexibility index (Phi) is 7.31. The lowest BCUT2D eigenvalue weighted by Crippen LogP contribution is -2.26. The number of nitrogens with zero attached hydrogens (tertiary/aromatic N) is 3. The van der Waals surface area contributed by atoms with Crippen LogP contribution in [-0.4, -0.2) is 39.7 Å². The number of carbonyl (C=O) groups is 1. The van der Waals surface area contributed by atoms with E-state index < -0.39 is 0 Å². The molecule has 0 aliphatic carbocycles. The number of benzene rings is 2. The van der Waals surface area contributed by atoms with Crippen molar-refractivity contribution in [2.75, 3.05) is 13.7 Å². The first-order valence-corrected chi connectivity index (χ1v) is 10.9. The van der Waals surface area contributed by atoms with Gasteiger partial charge in [-0.2, -0.15) is 0 Å². The summed E-state index contributed by atoms with van der Waals surface area (Å²) in [5, 5.41) is 20.6. The van der Waals surface area contributed by atoms with E-state index in [1.54, 1.807) is 18.0 Å². The van der Waals surface area contributed by atoms with Crippen molar-refractivity contribution in [3.8, 4) is 11.5 Å². The highest BCUT2D eigenvalue weighted by atomic mass is 79.9. The summed E-state index contributed by atoms with van der Waals surface area (Å²) in [6.07, 6.45) is 2.22. The second kappa shape index (κ2) is 9.73. The minimum atomic E-state index is -0.288. The fourth-order valence-electron chi connectivity index (χ4n) is 2.65. The molecule has 0 atom stereocenters. The number of nitrogens with one attached hydrogen (secondary N) is 1. The molecule has 0 unspecified atom stereocenters. The van der Waals surface area contributed by atoms with Gasteiger partial charge in [-0.1, -0.05) is 11.3 Å². The highest BCUT2D eigenvalue weighted by Crippen LogP contribution is 2.33. The number of hydrogen-bond donors (Lipinski definition) is 2. The van der Waals surface area contributed by atoms with E-state index in [1.165, 1.54) is 0 Å². The van der Waals surface area contributed by atoms with Gasteiger partial charge in [0.15, 0.2) is 5.69 Å². The summed E-state index contributed by atoms with van der Waals surface area (Å²) in [6.45, 7) is 0.916. The van der Waals surface area contributed by atoms with Crippen LogP contribution in [0.15, 0.2) is 49.9 Å². The van der Waals surface area contributed by atoms with Crippen molar-refractivity contribution in [2.45, 2.75) is 13.0 Å². The molecule has 0 spiro atoms. The van der Waals surface area contributed by atoms with Crippen molar-refractivity contribution in [1.82, 2.24) is 20.3 Å². The molecule has 0 aliphatic rings. The number of amides is 1. The zero-order valence-corrected chi connectivity index (χ0v) is 20.1. The molecule has 0 saturated heterocycles. The summed E-state index contributed by atoms with van der Waals surface area (Å²) in [4.78, 5) is 12.3. The average Bonchev–Trinajstić information content (AvgIpc) is 3.14. The van der Waals surface area contributed by atoms with Crippen LogP contribution in [0.2, 0.25) is 0 Å². The normalized spacial score (nSPS) is 10.8. The topological polar surface area (TPSA) is 89.3 Å². The van der Waals surface area contributed by atoms with Crippen LogP contribution in [0.25, 0.3) is 0 Å². The largest absolute Gasteiger partial charge is 0.506 e. The van der Waals surface area contributed by atoms with E-state index in [1.807, 2.05) is 30.3 Å². The van der Waals surface area contributed by atoms with Crippen LogP contribution < -0.4 is 10.1 Å². The molecule has 0 fully saturated rings. The fraction of sp³-hybridized carbons (Fsp3) is 0.211. The molecule has 152 valence electrons. The SMILES string of the molecule is COc1ccc(Cn2cc(C(=O)NCCc3cc(Br)c(O)c(Br)c3)nn2)cc1Br. The third-order valence-electron chi connectivity index (χ3n) is 4.11. The number of phenolic OH excluding ortho intramolecular Hbond substituents is 1. The van der Waals surface area contributed by atoms with Crippen molar-refractivity contribution in [3.63, 3.8) is 0 Å². The average molecular weight is 589 g/mol. The van der Waals surface area contributed by atoms with Gasteiger partial charge in [0.1, 0.15) is 11.5 Å². The van der Waals surface area contributed by atoms with Gasteiger partial charge in [0.2, 0.25) is 0 Å². The summed E-state index contributed by atoms with van der Waals surface area (Å²) in [6, 6.07) is 9.36. The summed E-state index contributed by atoms with van der Waals surface area (Å²) >= 11 is 10.1. The number of hydrogen-bond acceptors (Lipinski definition) is 5. The van der Waals surface area contributed by atoms with Crippen LogP contribution in [-0.2, 0) is 13.0 Å². The van der Waals surface area contributed by atoms with Crippen LogP contribution >= 0.6 is 47.8 Å². The summed E-state index contributed by atoms with van der Waals surface area (Å²) < 4.78 is 8.88. The number of halogens is 3.